The summed E-state index contributed by atoms with van der Waals surface area (Å²) in [5, 5.41) is 9.38. The molecule has 0 unspecified atom stereocenters. The van der Waals surface area contributed by atoms with Crippen LogP contribution in [0.15, 0.2) is 29.4 Å². The van der Waals surface area contributed by atoms with E-state index in [0.717, 1.165) is 42.5 Å². The second-order valence-electron chi connectivity index (χ2n) is 7.65. The van der Waals surface area contributed by atoms with Crippen LogP contribution in [0.1, 0.15) is 58.3 Å². The summed E-state index contributed by atoms with van der Waals surface area (Å²) in [6.07, 6.45) is 4.39. The minimum Gasteiger partial charge on any atom is -0.486 e. The van der Waals surface area contributed by atoms with Crippen molar-refractivity contribution in [3.8, 4) is 5.75 Å². The predicted molar refractivity (Wildman–Crippen MR) is 116 cm³/mol. The van der Waals surface area contributed by atoms with Gasteiger partial charge in [-0.2, -0.15) is 0 Å². The Hall–Kier alpha value is -2.02. The van der Waals surface area contributed by atoms with Crippen LogP contribution in [0.2, 0.25) is 0 Å². The monoisotopic (exact) mass is 416 g/mol. The molecule has 1 aliphatic heterocycles. The number of likely N-dealkylation sites (tertiary alicyclic amines) is 1. The number of hydrogen-bond donors (Lipinski definition) is 0. The molecular formula is C22H32N4O2S. The Kier molecular flexibility index (Phi) is 7.58. The van der Waals surface area contributed by atoms with Crippen molar-refractivity contribution in [3.05, 3.63) is 35.7 Å². The molecule has 29 heavy (non-hydrogen) atoms. The summed E-state index contributed by atoms with van der Waals surface area (Å²) in [7, 11) is 0. The van der Waals surface area contributed by atoms with Crippen LogP contribution in [0.5, 0.6) is 5.75 Å². The average molecular weight is 417 g/mol. The summed E-state index contributed by atoms with van der Waals surface area (Å²) in [4.78, 5) is 14.8. The van der Waals surface area contributed by atoms with Crippen molar-refractivity contribution in [2.24, 2.45) is 0 Å². The highest BCUT2D eigenvalue weighted by molar-refractivity contribution is 7.99. The van der Waals surface area contributed by atoms with E-state index in [1.165, 1.54) is 23.7 Å². The number of hydrogen-bond acceptors (Lipinski definition) is 5. The summed E-state index contributed by atoms with van der Waals surface area (Å²) in [6.45, 7) is 9.60. The van der Waals surface area contributed by atoms with Crippen LogP contribution in [-0.2, 0) is 24.4 Å². The van der Waals surface area contributed by atoms with Crippen molar-refractivity contribution >= 4 is 17.7 Å². The zero-order valence-corrected chi connectivity index (χ0v) is 18.7. The molecule has 3 rings (SSSR count). The van der Waals surface area contributed by atoms with Crippen LogP contribution in [0.4, 0.5) is 0 Å². The van der Waals surface area contributed by atoms with Crippen molar-refractivity contribution in [2.75, 3.05) is 5.75 Å². The number of rotatable bonds is 8. The largest absolute Gasteiger partial charge is 0.486 e. The molecule has 0 N–H and O–H groups in total. The zero-order valence-electron chi connectivity index (χ0n) is 17.9. The van der Waals surface area contributed by atoms with Gasteiger partial charge >= 0.3 is 0 Å². The first-order valence-electron chi connectivity index (χ1n) is 10.6. The van der Waals surface area contributed by atoms with Gasteiger partial charge in [-0.15, -0.1) is 10.2 Å². The van der Waals surface area contributed by atoms with E-state index < -0.39 is 0 Å². The van der Waals surface area contributed by atoms with Crippen molar-refractivity contribution in [1.29, 1.82) is 0 Å². The van der Waals surface area contributed by atoms with E-state index in [1.807, 2.05) is 21.6 Å². The van der Waals surface area contributed by atoms with Crippen molar-refractivity contribution < 1.29 is 9.53 Å². The fraction of sp³-hybridized carbons (Fsp3) is 0.591. The molecule has 6 nitrogen and oxygen atoms in total. The highest BCUT2D eigenvalue weighted by Crippen LogP contribution is 2.25. The Labute approximate surface area is 178 Å². The molecule has 0 spiro atoms. The Balaban J connectivity index is 1.59. The minimum absolute atomic E-state index is 0.189. The second-order valence-corrected chi connectivity index (χ2v) is 8.59. The zero-order chi connectivity index (χ0) is 20.8. The van der Waals surface area contributed by atoms with E-state index >= 15 is 0 Å². The summed E-state index contributed by atoms with van der Waals surface area (Å²) in [5.74, 6) is 2.19. The van der Waals surface area contributed by atoms with Crippen LogP contribution in [-0.4, -0.2) is 43.4 Å². The summed E-state index contributed by atoms with van der Waals surface area (Å²) in [6, 6.07) is 8.77. The smallest absolute Gasteiger partial charge is 0.233 e. The molecule has 0 radical (unpaired) electrons. The standard InChI is InChI=1S/C22H32N4O2S/c1-5-18-10-12-19(13-11-18)28-14-20-23-24-22(25(20)6-2)29-15-21(27)26-16(3)8-7-9-17(26)4/h10-13,16-17H,5-9,14-15H2,1-4H3/t16-,17-/m0/s1. The van der Waals surface area contributed by atoms with Crippen molar-refractivity contribution in [3.63, 3.8) is 0 Å². The summed E-state index contributed by atoms with van der Waals surface area (Å²) in [5.41, 5.74) is 1.29. The van der Waals surface area contributed by atoms with E-state index in [1.54, 1.807) is 0 Å². The molecule has 1 fully saturated rings. The molecule has 1 aromatic carbocycles. The van der Waals surface area contributed by atoms with Gasteiger partial charge in [-0.05, 0) is 64.2 Å². The lowest BCUT2D eigenvalue weighted by atomic mass is 9.98. The predicted octanol–water partition coefficient (Wildman–Crippen LogP) is 4.32. The third kappa shape index (κ3) is 5.32. The van der Waals surface area contributed by atoms with Gasteiger partial charge in [0.05, 0.1) is 5.75 Å². The SMILES string of the molecule is CCc1ccc(OCc2nnc(SCC(=O)N3[C@@H](C)CCC[C@@H]3C)n2CC)cc1. The van der Waals surface area contributed by atoms with Crippen LogP contribution in [0.25, 0.3) is 0 Å². The molecule has 2 aromatic rings. The third-order valence-corrected chi connectivity index (χ3v) is 6.57. The molecule has 0 bridgehead atoms. The summed E-state index contributed by atoms with van der Waals surface area (Å²) >= 11 is 1.47. The number of nitrogens with zero attached hydrogens (tertiary/aromatic N) is 4. The van der Waals surface area contributed by atoms with Crippen LogP contribution in [0, 0.1) is 0 Å². The fourth-order valence-electron chi connectivity index (χ4n) is 3.93. The van der Waals surface area contributed by atoms with E-state index in [0.29, 0.717) is 24.4 Å². The number of carbonyl (C=O) groups is 1. The molecule has 1 aliphatic rings. The van der Waals surface area contributed by atoms with E-state index in [2.05, 4.69) is 50.0 Å². The summed E-state index contributed by atoms with van der Waals surface area (Å²) < 4.78 is 7.92. The van der Waals surface area contributed by atoms with Gasteiger partial charge in [-0.1, -0.05) is 30.8 Å². The third-order valence-electron chi connectivity index (χ3n) is 5.62. The van der Waals surface area contributed by atoms with Crippen molar-refractivity contribution in [2.45, 2.75) is 83.8 Å². The number of aromatic nitrogens is 3. The Morgan fingerprint density at radius 2 is 1.83 bits per heavy atom. The van der Waals surface area contributed by atoms with E-state index in [-0.39, 0.29) is 5.91 Å². The van der Waals surface area contributed by atoms with Gasteiger partial charge in [-0.25, -0.2) is 0 Å². The highest BCUT2D eigenvalue weighted by atomic mass is 32.2. The first-order valence-corrected chi connectivity index (χ1v) is 11.6. The number of benzene rings is 1. The molecule has 0 aliphatic carbocycles. The number of carbonyl (C=O) groups excluding carboxylic acids is 1. The van der Waals surface area contributed by atoms with Crippen LogP contribution in [0.3, 0.4) is 0 Å². The Morgan fingerprint density at radius 3 is 2.45 bits per heavy atom. The number of aryl methyl sites for hydroxylation is 1. The fourth-order valence-corrected chi connectivity index (χ4v) is 4.82. The topological polar surface area (TPSA) is 60.3 Å². The number of amides is 1. The van der Waals surface area contributed by atoms with Gasteiger partial charge in [0, 0.05) is 18.6 Å². The van der Waals surface area contributed by atoms with Crippen LogP contribution < -0.4 is 4.74 Å². The molecule has 1 aromatic heterocycles. The van der Waals surface area contributed by atoms with Crippen LogP contribution >= 0.6 is 11.8 Å². The first kappa shape index (κ1) is 21.7. The quantitative estimate of drug-likeness (QED) is 0.600. The Bertz CT molecular complexity index is 796. The van der Waals surface area contributed by atoms with E-state index in [4.69, 9.17) is 4.74 Å². The lowest BCUT2D eigenvalue weighted by molar-refractivity contribution is -0.134. The maximum atomic E-state index is 12.8. The molecule has 0 saturated carbocycles. The molecule has 1 saturated heterocycles. The van der Waals surface area contributed by atoms with Gasteiger partial charge < -0.3 is 14.2 Å². The number of piperidine rings is 1. The van der Waals surface area contributed by atoms with E-state index in [9.17, 15) is 4.79 Å². The molecular weight excluding hydrogens is 384 g/mol. The molecule has 2 heterocycles. The van der Waals surface area contributed by atoms with Gasteiger partial charge in [0.15, 0.2) is 11.0 Å². The molecule has 7 heteroatoms. The normalized spacial score (nSPS) is 19.4. The maximum absolute atomic E-state index is 12.8. The second kappa shape index (κ2) is 10.1. The van der Waals surface area contributed by atoms with Gasteiger partial charge in [0.25, 0.3) is 0 Å². The molecule has 158 valence electrons. The lowest BCUT2D eigenvalue weighted by Gasteiger charge is -2.39. The molecule has 2 atom stereocenters. The van der Waals surface area contributed by atoms with Gasteiger partial charge in [-0.3, -0.25) is 4.79 Å². The number of ether oxygens (including phenoxy) is 1. The van der Waals surface area contributed by atoms with Crippen molar-refractivity contribution in [1.82, 2.24) is 19.7 Å². The average Bonchev–Trinajstić information content (AvgIpc) is 3.12. The minimum atomic E-state index is 0.189. The van der Waals surface area contributed by atoms with Gasteiger partial charge in [0.1, 0.15) is 12.4 Å². The first-order chi connectivity index (χ1) is 14.0. The molecule has 1 amide bonds. The maximum Gasteiger partial charge on any atom is 0.233 e. The van der Waals surface area contributed by atoms with Gasteiger partial charge in [0.2, 0.25) is 5.91 Å². The lowest BCUT2D eigenvalue weighted by Crippen LogP contribution is -2.48. The number of thioether (sulfide) groups is 1. The highest BCUT2D eigenvalue weighted by Gasteiger charge is 2.29. The Morgan fingerprint density at radius 1 is 1.14 bits per heavy atom.